The van der Waals surface area contributed by atoms with E-state index >= 15 is 0 Å². The number of thiocarbonyl (C=S) groups is 1. The number of hydrogen-bond donors (Lipinski definition) is 1. The van der Waals surface area contributed by atoms with Gasteiger partial charge < -0.3 is 5.73 Å². The minimum absolute atomic E-state index is 0.350. The topological polar surface area (TPSA) is 43.8 Å². The first kappa shape index (κ1) is 11.7. The molecule has 18 heavy (non-hydrogen) atoms. The van der Waals surface area contributed by atoms with Crippen LogP contribution in [0.4, 0.5) is 0 Å². The van der Waals surface area contributed by atoms with Crippen LogP contribution < -0.4 is 5.73 Å². The van der Waals surface area contributed by atoms with E-state index in [-0.39, 0.29) is 0 Å². The third-order valence-corrected chi connectivity index (χ3v) is 3.62. The van der Waals surface area contributed by atoms with Crippen LogP contribution in [0.3, 0.4) is 0 Å². The summed E-state index contributed by atoms with van der Waals surface area (Å²) in [6, 6.07) is 7.58. The summed E-state index contributed by atoms with van der Waals surface area (Å²) < 4.78 is 1.80. The van der Waals surface area contributed by atoms with E-state index in [2.05, 4.69) is 11.2 Å². The molecule has 1 aliphatic rings. The number of halogens is 1. The van der Waals surface area contributed by atoms with Gasteiger partial charge in [0.1, 0.15) is 4.99 Å². The van der Waals surface area contributed by atoms with Crippen molar-refractivity contribution in [3.05, 3.63) is 46.7 Å². The number of nitrogens with two attached hydrogens (primary N) is 1. The summed E-state index contributed by atoms with van der Waals surface area (Å²) in [6.07, 6.45) is 4.42. The zero-order valence-electron chi connectivity index (χ0n) is 9.64. The zero-order chi connectivity index (χ0) is 12.7. The lowest BCUT2D eigenvalue weighted by Crippen LogP contribution is -2.09. The highest BCUT2D eigenvalue weighted by Crippen LogP contribution is 2.39. The van der Waals surface area contributed by atoms with E-state index < -0.39 is 0 Å². The largest absolute Gasteiger partial charge is 0.389 e. The van der Waals surface area contributed by atoms with Gasteiger partial charge in [-0.25, -0.2) is 4.68 Å². The fourth-order valence-electron chi connectivity index (χ4n) is 1.91. The van der Waals surface area contributed by atoms with Crippen LogP contribution in [0.25, 0.3) is 5.69 Å². The molecule has 92 valence electrons. The van der Waals surface area contributed by atoms with Crippen LogP contribution in [0.15, 0.2) is 30.5 Å². The highest BCUT2D eigenvalue weighted by Gasteiger charge is 2.26. The maximum Gasteiger partial charge on any atom is 0.104 e. The highest BCUT2D eigenvalue weighted by atomic mass is 35.5. The molecule has 0 bridgehead atoms. The molecule has 0 saturated heterocycles. The Bertz CT molecular complexity index is 616. The molecule has 1 aromatic heterocycles. The normalized spacial score (nSPS) is 14.7. The first-order chi connectivity index (χ1) is 8.65. The fraction of sp³-hybridized carbons (Fsp3) is 0.231. The lowest BCUT2D eigenvalue weighted by molar-refractivity contribution is 0.837. The van der Waals surface area contributed by atoms with Gasteiger partial charge in [-0.3, -0.25) is 0 Å². The number of hydrogen-bond acceptors (Lipinski definition) is 2. The minimum atomic E-state index is 0.350. The molecule has 1 heterocycles. The van der Waals surface area contributed by atoms with E-state index in [4.69, 9.17) is 29.6 Å². The van der Waals surface area contributed by atoms with E-state index in [9.17, 15) is 0 Å². The molecule has 3 rings (SSSR count). The van der Waals surface area contributed by atoms with Crippen LogP contribution in [0.2, 0.25) is 5.02 Å². The van der Waals surface area contributed by atoms with Gasteiger partial charge in [-0.2, -0.15) is 5.10 Å². The van der Waals surface area contributed by atoms with Crippen LogP contribution in [-0.2, 0) is 0 Å². The zero-order valence-corrected chi connectivity index (χ0v) is 11.2. The maximum atomic E-state index is 6.24. The Morgan fingerprint density at radius 2 is 2.17 bits per heavy atom. The number of aromatic nitrogens is 2. The molecule has 0 unspecified atom stereocenters. The molecule has 1 aromatic carbocycles. The third kappa shape index (κ3) is 2.13. The van der Waals surface area contributed by atoms with Gasteiger partial charge in [-0.15, -0.1) is 0 Å². The standard InChI is InChI=1S/C13H12ClN3S/c14-10-7-9(13(15)18)3-4-12(10)17-6-5-11(16-17)8-1-2-8/h3-8H,1-2H2,(H2,15,18). The third-order valence-electron chi connectivity index (χ3n) is 3.08. The average molecular weight is 278 g/mol. The Morgan fingerprint density at radius 3 is 2.78 bits per heavy atom. The van der Waals surface area contributed by atoms with Gasteiger partial charge in [-0.1, -0.05) is 23.8 Å². The molecule has 2 N–H and O–H groups in total. The number of rotatable bonds is 3. The van der Waals surface area contributed by atoms with Gasteiger partial charge in [0.15, 0.2) is 0 Å². The Balaban J connectivity index is 1.97. The van der Waals surface area contributed by atoms with Crippen molar-refractivity contribution >= 4 is 28.8 Å². The second-order valence-electron chi connectivity index (χ2n) is 4.49. The molecule has 0 atom stereocenters. The van der Waals surface area contributed by atoms with Gasteiger partial charge in [0, 0.05) is 17.7 Å². The monoisotopic (exact) mass is 277 g/mol. The number of nitrogens with zero attached hydrogens (tertiary/aromatic N) is 2. The van der Waals surface area contributed by atoms with Gasteiger partial charge in [0.2, 0.25) is 0 Å². The van der Waals surface area contributed by atoms with E-state index in [1.807, 2.05) is 18.3 Å². The summed E-state index contributed by atoms with van der Waals surface area (Å²) in [5.41, 5.74) is 8.34. The lowest BCUT2D eigenvalue weighted by Gasteiger charge is -2.06. The van der Waals surface area contributed by atoms with Crippen LogP contribution in [-0.4, -0.2) is 14.8 Å². The molecule has 5 heteroatoms. The molecule has 1 saturated carbocycles. The molecule has 1 aliphatic carbocycles. The van der Waals surface area contributed by atoms with E-state index in [0.717, 1.165) is 16.9 Å². The van der Waals surface area contributed by atoms with E-state index in [1.165, 1.54) is 12.8 Å². The molecule has 0 spiro atoms. The molecule has 1 fully saturated rings. The first-order valence-electron chi connectivity index (χ1n) is 5.80. The highest BCUT2D eigenvalue weighted by molar-refractivity contribution is 7.80. The van der Waals surface area contributed by atoms with Gasteiger partial charge in [0.25, 0.3) is 0 Å². The predicted octanol–water partition coefficient (Wildman–Crippen LogP) is 3.04. The predicted molar refractivity (Wildman–Crippen MR) is 76.4 cm³/mol. The molecule has 0 aliphatic heterocycles. The second-order valence-corrected chi connectivity index (χ2v) is 5.34. The molecule has 0 amide bonds. The maximum absolute atomic E-state index is 6.24. The molecule has 2 aromatic rings. The Kier molecular flexibility index (Phi) is 2.84. The van der Waals surface area contributed by atoms with Crippen molar-refractivity contribution in [3.8, 4) is 5.69 Å². The van der Waals surface area contributed by atoms with Crippen molar-refractivity contribution in [2.24, 2.45) is 5.73 Å². The lowest BCUT2D eigenvalue weighted by atomic mass is 10.2. The summed E-state index contributed by atoms with van der Waals surface area (Å²) in [4.78, 5) is 0.350. The molecule has 0 radical (unpaired) electrons. The van der Waals surface area contributed by atoms with Crippen molar-refractivity contribution in [2.75, 3.05) is 0 Å². The van der Waals surface area contributed by atoms with Crippen molar-refractivity contribution in [1.29, 1.82) is 0 Å². The first-order valence-corrected chi connectivity index (χ1v) is 6.59. The Hall–Kier alpha value is -1.39. The summed E-state index contributed by atoms with van der Waals surface area (Å²) in [6.45, 7) is 0. The molecular formula is C13H12ClN3S. The molecular weight excluding hydrogens is 266 g/mol. The van der Waals surface area contributed by atoms with Crippen LogP contribution in [0.5, 0.6) is 0 Å². The summed E-state index contributed by atoms with van der Waals surface area (Å²) in [5, 5.41) is 5.15. The average Bonchev–Trinajstić information content (AvgIpc) is 3.08. The minimum Gasteiger partial charge on any atom is -0.389 e. The fourth-order valence-corrected chi connectivity index (χ4v) is 2.31. The SMILES string of the molecule is NC(=S)c1ccc(-n2ccc(C3CC3)n2)c(Cl)c1. The summed E-state index contributed by atoms with van der Waals surface area (Å²) >= 11 is 11.2. The Labute approximate surface area is 116 Å². The molecule has 3 nitrogen and oxygen atoms in total. The van der Waals surface area contributed by atoms with Crippen LogP contribution in [0.1, 0.15) is 30.0 Å². The quantitative estimate of drug-likeness (QED) is 0.877. The van der Waals surface area contributed by atoms with Crippen LogP contribution >= 0.6 is 23.8 Å². The summed E-state index contributed by atoms with van der Waals surface area (Å²) in [5.74, 6) is 0.640. The van der Waals surface area contributed by atoms with Crippen molar-refractivity contribution < 1.29 is 0 Å². The van der Waals surface area contributed by atoms with Gasteiger partial charge in [0.05, 0.1) is 16.4 Å². The number of benzene rings is 1. The van der Waals surface area contributed by atoms with Crippen molar-refractivity contribution in [3.63, 3.8) is 0 Å². The Morgan fingerprint density at radius 1 is 1.39 bits per heavy atom. The van der Waals surface area contributed by atoms with Gasteiger partial charge >= 0.3 is 0 Å². The second kappa shape index (κ2) is 4.37. The van der Waals surface area contributed by atoms with Crippen molar-refractivity contribution in [1.82, 2.24) is 9.78 Å². The van der Waals surface area contributed by atoms with E-state index in [0.29, 0.717) is 15.9 Å². The van der Waals surface area contributed by atoms with Crippen LogP contribution in [0, 0.1) is 0 Å². The van der Waals surface area contributed by atoms with E-state index in [1.54, 1.807) is 10.7 Å². The summed E-state index contributed by atoms with van der Waals surface area (Å²) in [7, 11) is 0. The van der Waals surface area contributed by atoms with Crippen molar-refractivity contribution in [2.45, 2.75) is 18.8 Å². The van der Waals surface area contributed by atoms with Gasteiger partial charge in [-0.05, 0) is 37.1 Å². The smallest absolute Gasteiger partial charge is 0.104 e.